The van der Waals surface area contributed by atoms with Crippen LogP contribution in [-0.4, -0.2) is 36.0 Å². The van der Waals surface area contributed by atoms with Gasteiger partial charge in [-0.1, -0.05) is 0 Å². The number of aromatic nitrogens is 1. The molecule has 0 aliphatic carbocycles. The van der Waals surface area contributed by atoms with Crippen molar-refractivity contribution in [1.82, 2.24) is 9.88 Å². The van der Waals surface area contributed by atoms with Gasteiger partial charge in [0.25, 0.3) is 5.91 Å². The van der Waals surface area contributed by atoms with Gasteiger partial charge in [-0.3, -0.25) is 4.79 Å². The number of fused-ring (bicyclic) bond motifs is 1. The Balaban J connectivity index is 2.54. The third-order valence-electron chi connectivity index (χ3n) is 3.46. The third-order valence-corrected chi connectivity index (χ3v) is 3.46. The van der Waals surface area contributed by atoms with E-state index in [-0.39, 0.29) is 5.91 Å². The normalized spacial score (nSPS) is 10.7. The van der Waals surface area contributed by atoms with Crippen LogP contribution in [-0.2, 0) is 0 Å². The van der Waals surface area contributed by atoms with Crippen molar-refractivity contribution in [3.63, 3.8) is 0 Å². The summed E-state index contributed by atoms with van der Waals surface area (Å²) >= 11 is 0. The summed E-state index contributed by atoms with van der Waals surface area (Å²) in [7, 11) is 1.64. The van der Waals surface area contributed by atoms with Gasteiger partial charge in [0.2, 0.25) is 0 Å². The predicted molar refractivity (Wildman–Crippen MR) is 76.8 cm³/mol. The van der Waals surface area contributed by atoms with Crippen LogP contribution in [0.3, 0.4) is 0 Å². The van der Waals surface area contributed by atoms with E-state index < -0.39 is 0 Å². The second-order valence-corrected chi connectivity index (χ2v) is 4.51. The van der Waals surface area contributed by atoms with Gasteiger partial charge in [0.15, 0.2) is 0 Å². The van der Waals surface area contributed by atoms with Crippen molar-refractivity contribution in [2.24, 2.45) is 0 Å². The molecule has 102 valence electrons. The quantitative estimate of drug-likeness (QED) is 0.918. The molecular weight excluding hydrogens is 240 g/mol. The lowest BCUT2D eigenvalue weighted by Gasteiger charge is -2.18. The summed E-state index contributed by atoms with van der Waals surface area (Å²) in [6.07, 6.45) is 0. The summed E-state index contributed by atoms with van der Waals surface area (Å²) in [5.41, 5.74) is 2.61. The number of methoxy groups -OCH3 is 1. The van der Waals surface area contributed by atoms with E-state index in [9.17, 15) is 4.79 Å². The molecule has 2 aromatic rings. The number of amides is 1. The largest absolute Gasteiger partial charge is 0.497 e. The molecule has 0 atom stereocenters. The molecule has 0 saturated heterocycles. The summed E-state index contributed by atoms with van der Waals surface area (Å²) in [6, 6.07) is 5.74. The minimum Gasteiger partial charge on any atom is -0.497 e. The minimum atomic E-state index is 0.0823. The first-order valence-electron chi connectivity index (χ1n) is 6.57. The minimum absolute atomic E-state index is 0.0823. The van der Waals surface area contributed by atoms with Crippen LogP contribution in [0.25, 0.3) is 10.9 Å². The van der Waals surface area contributed by atoms with Gasteiger partial charge in [0.05, 0.1) is 18.2 Å². The molecule has 0 fully saturated rings. The van der Waals surface area contributed by atoms with Crippen molar-refractivity contribution in [1.29, 1.82) is 0 Å². The Morgan fingerprint density at radius 2 is 2.00 bits per heavy atom. The number of carbonyl (C=O) groups is 1. The molecule has 4 nitrogen and oxygen atoms in total. The first kappa shape index (κ1) is 13.5. The van der Waals surface area contributed by atoms with Gasteiger partial charge in [0, 0.05) is 30.2 Å². The van der Waals surface area contributed by atoms with Gasteiger partial charge in [-0.2, -0.15) is 0 Å². The number of ether oxygens (including phenoxy) is 1. The predicted octanol–water partition coefficient (Wildman–Crippen LogP) is 2.97. The maximum atomic E-state index is 12.5. The topological polar surface area (TPSA) is 45.3 Å². The number of aryl methyl sites for hydroxylation is 1. The van der Waals surface area contributed by atoms with Gasteiger partial charge in [-0.05, 0) is 32.9 Å². The highest BCUT2D eigenvalue weighted by atomic mass is 16.5. The summed E-state index contributed by atoms with van der Waals surface area (Å²) in [4.78, 5) is 17.6. The molecule has 0 aliphatic heterocycles. The van der Waals surface area contributed by atoms with Gasteiger partial charge in [-0.25, -0.2) is 0 Å². The van der Waals surface area contributed by atoms with Crippen LogP contribution in [0, 0.1) is 6.92 Å². The lowest BCUT2D eigenvalue weighted by atomic mass is 10.1. The van der Waals surface area contributed by atoms with Gasteiger partial charge in [0.1, 0.15) is 5.75 Å². The lowest BCUT2D eigenvalue weighted by molar-refractivity contribution is 0.0774. The Labute approximate surface area is 113 Å². The van der Waals surface area contributed by atoms with E-state index in [4.69, 9.17) is 4.74 Å². The fraction of sp³-hybridized carbons (Fsp3) is 0.400. The van der Waals surface area contributed by atoms with E-state index in [0.29, 0.717) is 0 Å². The summed E-state index contributed by atoms with van der Waals surface area (Å²) in [5, 5.41) is 0.954. The number of nitrogens with one attached hydrogen (secondary N) is 1. The molecule has 1 aromatic carbocycles. The van der Waals surface area contributed by atoms with E-state index in [1.807, 2.05) is 43.9 Å². The molecule has 1 N–H and O–H groups in total. The Bertz CT molecular complexity index is 597. The first-order chi connectivity index (χ1) is 9.12. The molecule has 0 unspecified atom stereocenters. The lowest BCUT2D eigenvalue weighted by Crippen LogP contribution is -2.30. The number of benzene rings is 1. The molecule has 0 saturated carbocycles. The van der Waals surface area contributed by atoms with E-state index in [0.717, 1.165) is 41.0 Å². The number of aromatic amines is 1. The number of hydrogen-bond acceptors (Lipinski definition) is 2. The van der Waals surface area contributed by atoms with Crippen LogP contribution in [0.15, 0.2) is 18.2 Å². The summed E-state index contributed by atoms with van der Waals surface area (Å²) in [5.74, 6) is 0.870. The molecule has 0 radical (unpaired) electrons. The fourth-order valence-corrected chi connectivity index (χ4v) is 2.38. The standard InChI is InChI=1S/C15H20N2O2/c1-5-17(6-2)15(18)14-10(3)16-13-9-11(19-4)7-8-12(13)14/h7-9,16H,5-6H2,1-4H3. The molecule has 4 heteroatoms. The maximum Gasteiger partial charge on any atom is 0.256 e. The van der Waals surface area contributed by atoms with Crippen molar-refractivity contribution in [2.45, 2.75) is 20.8 Å². The van der Waals surface area contributed by atoms with Crippen LogP contribution in [0.1, 0.15) is 29.9 Å². The molecule has 2 rings (SSSR count). The first-order valence-corrected chi connectivity index (χ1v) is 6.57. The van der Waals surface area contributed by atoms with Crippen LogP contribution >= 0.6 is 0 Å². The Morgan fingerprint density at radius 3 is 2.58 bits per heavy atom. The Kier molecular flexibility index (Phi) is 3.79. The molecule has 0 bridgehead atoms. The summed E-state index contributed by atoms with van der Waals surface area (Å²) < 4.78 is 5.21. The van der Waals surface area contributed by atoms with Gasteiger partial charge < -0.3 is 14.6 Å². The van der Waals surface area contributed by atoms with Crippen molar-refractivity contribution in [3.05, 3.63) is 29.5 Å². The van der Waals surface area contributed by atoms with E-state index in [1.165, 1.54) is 0 Å². The van der Waals surface area contributed by atoms with Crippen molar-refractivity contribution >= 4 is 16.8 Å². The number of carbonyl (C=O) groups excluding carboxylic acids is 1. The Hall–Kier alpha value is -1.97. The van der Waals surface area contributed by atoms with Crippen LogP contribution < -0.4 is 4.74 Å². The van der Waals surface area contributed by atoms with Crippen LogP contribution in [0.4, 0.5) is 0 Å². The van der Waals surface area contributed by atoms with Gasteiger partial charge >= 0.3 is 0 Å². The highest BCUT2D eigenvalue weighted by molar-refractivity contribution is 6.08. The van der Waals surface area contributed by atoms with Crippen molar-refractivity contribution in [2.75, 3.05) is 20.2 Å². The van der Waals surface area contributed by atoms with Crippen molar-refractivity contribution in [3.8, 4) is 5.75 Å². The van der Waals surface area contributed by atoms with E-state index in [2.05, 4.69) is 4.98 Å². The monoisotopic (exact) mass is 260 g/mol. The van der Waals surface area contributed by atoms with Crippen LogP contribution in [0.5, 0.6) is 5.75 Å². The Morgan fingerprint density at radius 1 is 1.32 bits per heavy atom. The average Bonchev–Trinajstić information content (AvgIpc) is 2.74. The molecule has 1 heterocycles. The molecule has 1 amide bonds. The number of rotatable bonds is 4. The zero-order valence-corrected chi connectivity index (χ0v) is 11.9. The molecule has 19 heavy (non-hydrogen) atoms. The molecule has 0 aliphatic rings. The number of nitrogens with zero attached hydrogens (tertiary/aromatic N) is 1. The van der Waals surface area contributed by atoms with Crippen molar-refractivity contribution < 1.29 is 9.53 Å². The second-order valence-electron chi connectivity index (χ2n) is 4.51. The maximum absolute atomic E-state index is 12.5. The van der Waals surface area contributed by atoms with E-state index in [1.54, 1.807) is 7.11 Å². The smallest absolute Gasteiger partial charge is 0.256 e. The third kappa shape index (κ3) is 2.30. The average molecular weight is 260 g/mol. The molecule has 1 aromatic heterocycles. The number of hydrogen-bond donors (Lipinski definition) is 1. The SMILES string of the molecule is CCN(CC)C(=O)c1c(C)[nH]c2cc(OC)ccc12. The zero-order valence-electron chi connectivity index (χ0n) is 11.9. The zero-order chi connectivity index (χ0) is 14.0. The van der Waals surface area contributed by atoms with Gasteiger partial charge in [-0.15, -0.1) is 0 Å². The van der Waals surface area contributed by atoms with E-state index >= 15 is 0 Å². The molecular formula is C15H20N2O2. The highest BCUT2D eigenvalue weighted by Crippen LogP contribution is 2.27. The summed E-state index contributed by atoms with van der Waals surface area (Å²) in [6.45, 7) is 7.36. The van der Waals surface area contributed by atoms with Crippen LogP contribution in [0.2, 0.25) is 0 Å². The fourth-order valence-electron chi connectivity index (χ4n) is 2.38. The second kappa shape index (κ2) is 5.34. The molecule has 0 spiro atoms. The highest BCUT2D eigenvalue weighted by Gasteiger charge is 2.20. The number of H-pyrrole nitrogens is 1.